The molecule has 3 nitrogen and oxygen atoms in total. The molecule has 0 aliphatic heterocycles. The summed E-state index contributed by atoms with van der Waals surface area (Å²) in [6.45, 7) is 0. The molecule has 1 unspecified atom stereocenters. The standard InChI is InChI=1S/C3H5NO2S.Na/c4-2-1-3-7(5)6;/h1,3H2,(H,5,6);/q;+1/p-1. The molecule has 1 atom stereocenters. The summed E-state index contributed by atoms with van der Waals surface area (Å²) in [7, 11) is 0. The molecule has 0 fully saturated rings. The fourth-order valence-electron chi connectivity index (χ4n) is 0.129. The van der Waals surface area contributed by atoms with Crippen molar-refractivity contribution in [3.63, 3.8) is 0 Å². The molecule has 0 aromatic rings. The van der Waals surface area contributed by atoms with Crippen LogP contribution in [0.25, 0.3) is 0 Å². The van der Waals surface area contributed by atoms with Crippen molar-refractivity contribution in [1.29, 1.82) is 5.26 Å². The van der Waals surface area contributed by atoms with Gasteiger partial charge in [-0.1, -0.05) is 11.1 Å². The molecule has 8 heavy (non-hydrogen) atoms. The summed E-state index contributed by atoms with van der Waals surface area (Å²) in [5, 5.41) is 7.79. The Labute approximate surface area is 72.7 Å². The Kier molecular flexibility index (Phi) is 10.8. The summed E-state index contributed by atoms with van der Waals surface area (Å²) in [5.74, 6) is -0.0451. The molecule has 0 aromatic heterocycles. The first kappa shape index (κ1) is 11.4. The molecule has 0 radical (unpaired) electrons. The molecule has 0 aliphatic carbocycles. The number of rotatable bonds is 2. The summed E-state index contributed by atoms with van der Waals surface area (Å²) in [6, 6.07) is 1.71. The summed E-state index contributed by atoms with van der Waals surface area (Å²) in [6.07, 6.45) is 0.0934. The first-order valence-corrected chi connectivity index (χ1v) is 2.94. The van der Waals surface area contributed by atoms with E-state index in [9.17, 15) is 8.76 Å². The van der Waals surface area contributed by atoms with Gasteiger partial charge in [0.25, 0.3) is 0 Å². The van der Waals surface area contributed by atoms with Gasteiger partial charge in [0.1, 0.15) is 0 Å². The van der Waals surface area contributed by atoms with E-state index in [1.54, 1.807) is 6.07 Å². The predicted octanol–water partition coefficient (Wildman–Crippen LogP) is -3.22. The third-order valence-corrected chi connectivity index (χ3v) is 0.918. The van der Waals surface area contributed by atoms with E-state index >= 15 is 0 Å². The normalized spacial score (nSPS) is 11.0. The summed E-state index contributed by atoms with van der Waals surface area (Å²) < 4.78 is 19.2. The fourth-order valence-corrected chi connectivity index (χ4v) is 0.387. The number of hydrogen-bond donors (Lipinski definition) is 0. The zero-order valence-electron chi connectivity index (χ0n) is 4.59. The van der Waals surface area contributed by atoms with Crippen molar-refractivity contribution in [2.24, 2.45) is 0 Å². The third-order valence-electron chi connectivity index (χ3n) is 0.381. The van der Waals surface area contributed by atoms with E-state index in [0.29, 0.717) is 0 Å². The minimum absolute atomic E-state index is 0. The van der Waals surface area contributed by atoms with Gasteiger partial charge < -0.3 is 4.55 Å². The molecule has 40 valence electrons. The fraction of sp³-hybridized carbons (Fsp3) is 0.667. The van der Waals surface area contributed by atoms with Crippen molar-refractivity contribution in [3.8, 4) is 6.07 Å². The Morgan fingerprint density at radius 2 is 2.25 bits per heavy atom. The van der Waals surface area contributed by atoms with Gasteiger partial charge in [-0.15, -0.1) is 0 Å². The summed E-state index contributed by atoms with van der Waals surface area (Å²) in [4.78, 5) is 0. The number of hydrogen-bond acceptors (Lipinski definition) is 3. The van der Waals surface area contributed by atoms with E-state index in [4.69, 9.17) is 5.26 Å². The first-order chi connectivity index (χ1) is 3.27. The quantitative estimate of drug-likeness (QED) is 0.300. The van der Waals surface area contributed by atoms with Gasteiger partial charge in [0, 0.05) is 12.2 Å². The monoisotopic (exact) mass is 141 g/mol. The van der Waals surface area contributed by atoms with Gasteiger partial charge in [-0.25, -0.2) is 0 Å². The van der Waals surface area contributed by atoms with Crippen LogP contribution in [0.1, 0.15) is 6.42 Å². The predicted molar refractivity (Wildman–Crippen MR) is 24.0 cm³/mol. The van der Waals surface area contributed by atoms with Gasteiger partial charge in [0.15, 0.2) is 0 Å². The zero-order valence-corrected chi connectivity index (χ0v) is 7.40. The van der Waals surface area contributed by atoms with Crippen molar-refractivity contribution < 1.29 is 38.3 Å². The van der Waals surface area contributed by atoms with Crippen LogP contribution in [-0.2, 0) is 11.1 Å². The van der Waals surface area contributed by atoms with Crippen LogP contribution in [0.2, 0.25) is 0 Å². The Hall–Kier alpha value is 0.600. The molecule has 0 aliphatic rings. The second kappa shape index (κ2) is 7.60. The van der Waals surface area contributed by atoms with Crippen molar-refractivity contribution in [3.05, 3.63) is 0 Å². The van der Waals surface area contributed by atoms with Crippen molar-refractivity contribution in [2.75, 3.05) is 5.75 Å². The average molecular weight is 141 g/mol. The van der Waals surface area contributed by atoms with Crippen LogP contribution in [0.5, 0.6) is 0 Å². The van der Waals surface area contributed by atoms with Crippen molar-refractivity contribution >= 4 is 11.1 Å². The van der Waals surface area contributed by atoms with Gasteiger partial charge in [0.2, 0.25) is 0 Å². The maximum absolute atomic E-state index is 9.61. The smallest absolute Gasteiger partial charge is 0.772 e. The van der Waals surface area contributed by atoms with Crippen molar-refractivity contribution in [1.82, 2.24) is 0 Å². The van der Waals surface area contributed by atoms with E-state index in [-0.39, 0.29) is 41.7 Å². The molecule has 0 aromatic carbocycles. The molecule has 0 heterocycles. The molecular formula is C3H4NNaO2S. The van der Waals surface area contributed by atoms with Gasteiger partial charge >= 0.3 is 29.6 Å². The van der Waals surface area contributed by atoms with Crippen molar-refractivity contribution in [2.45, 2.75) is 6.42 Å². The molecule has 0 amide bonds. The van der Waals surface area contributed by atoms with Gasteiger partial charge in [-0.3, -0.25) is 4.21 Å². The Balaban J connectivity index is 0. The van der Waals surface area contributed by atoms with E-state index in [2.05, 4.69) is 0 Å². The Morgan fingerprint density at radius 1 is 1.75 bits per heavy atom. The SMILES string of the molecule is N#CCCS(=O)[O-].[Na+]. The molecular weight excluding hydrogens is 137 g/mol. The Bertz CT molecular complexity index is 110. The second-order valence-corrected chi connectivity index (χ2v) is 1.93. The van der Waals surface area contributed by atoms with Crippen LogP contribution in [0.4, 0.5) is 0 Å². The maximum atomic E-state index is 9.61. The van der Waals surface area contributed by atoms with Crippen LogP contribution in [0.15, 0.2) is 0 Å². The van der Waals surface area contributed by atoms with Crippen LogP contribution < -0.4 is 29.6 Å². The van der Waals surface area contributed by atoms with Gasteiger partial charge in [-0.05, 0) is 0 Å². The Morgan fingerprint density at radius 3 is 2.38 bits per heavy atom. The minimum Gasteiger partial charge on any atom is -0.772 e. The van der Waals surface area contributed by atoms with E-state index in [1.165, 1.54) is 0 Å². The van der Waals surface area contributed by atoms with Crippen LogP contribution in [0, 0.1) is 11.3 Å². The molecule has 0 N–H and O–H groups in total. The molecule has 0 saturated carbocycles. The van der Waals surface area contributed by atoms with E-state index < -0.39 is 11.1 Å². The van der Waals surface area contributed by atoms with Crippen LogP contribution in [0.3, 0.4) is 0 Å². The molecule has 0 spiro atoms. The van der Waals surface area contributed by atoms with Crippen LogP contribution >= 0.6 is 0 Å². The van der Waals surface area contributed by atoms with Crippen LogP contribution in [-0.4, -0.2) is 14.5 Å². The molecule has 0 saturated heterocycles. The topological polar surface area (TPSA) is 63.9 Å². The van der Waals surface area contributed by atoms with E-state index in [1.807, 2.05) is 0 Å². The first-order valence-electron chi connectivity index (χ1n) is 1.70. The molecule has 0 bridgehead atoms. The summed E-state index contributed by atoms with van der Waals surface area (Å²) in [5.41, 5.74) is 0. The van der Waals surface area contributed by atoms with E-state index in [0.717, 1.165) is 0 Å². The summed E-state index contributed by atoms with van der Waals surface area (Å²) >= 11 is -2.04. The minimum atomic E-state index is -2.04. The van der Waals surface area contributed by atoms with Gasteiger partial charge in [0.05, 0.1) is 6.07 Å². The third kappa shape index (κ3) is 9.78. The molecule has 0 rings (SSSR count). The average Bonchev–Trinajstić information content (AvgIpc) is 1.61. The maximum Gasteiger partial charge on any atom is 1.00 e. The van der Waals surface area contributed by atoms with Gasteiger partial charge in [-0.2, -0.15) is 5.26 Å². The number of nitrogens with zero attached hydrogens (tertiary/aromatic N) is 1. The number of nitriles is 1. The zero-order chi connectivity index (χ0) is 5.70. The molecule has 5 heteroatoms. The second-order valence-electron chi connectivity index (χ2n) is 0.916. The largest absolute Gasteiger partial charge is 1.00 e.